The summed E-state index contributed by atoms with van der Waals surface area (Å²) in [6.45, 7) is 0. The number of rotatable bonds is 6. The zero-order valence-corrected chi connectivity index (χ0v) is 21.5. The lowest BCUT2D eigenvalue weighted by molar-refractivity contribution is -0.384. The van der Waals surface area contributed by atoms with E-state index in [0.717, 1.165) is 16.2 Å². The monoisotopic (exact) mass is 540 g/mol. The Morgan fingerprint density at radius 2 is 1.65 bits per heavy atom. The Kier molecular flexibility index (Phi) is 5.98. The van der Waals surface area contributed by atoms with Crippen molar-refractivity contribution in [2.24, 2.45) is 11.8 Å². The maximum absolute atomic E-state index is 14.1. The molecule has 3 aromatic rings. The summed E-state index contributed by atoms with van der Waals surface area (Å²) in [5, 5.41) is 13.9. The van der Waals surface area contributed by atoms with Crippen LogP contribution in [0.4, 0.5) is 22.7 Å². The van der Waals surface area contributed by atoms with Gasteiger partial charge in [-0.3, -0.25) is 24.5 Å². The lowest BCUT2D eigenvalue weighted by Crippen LogP contribution is -2.50. The minimum Gasteiger partial charge on any atom is -0.497 e. The maximum atomic E-state index is 14.1. The zero-order valence-electron chi connectivity index (χ0n) is 21.5. The third-order valence-corrected chi connectivity index (χ3v) is 7.66. The second kappa shape index (κ2) is 9.53. The molecule has 0 bridgehead atoms. The van der Waals surface area contributed by atoms with Crippen molar-refractivity contribution in [3.63, 3.8) is 0 Å². The number of carbonyl (C=O) groups is 3. The molecule has 0 spiro atoms. The van der Waals surface area contributed by atoms with E-state index in [2.05, 4.69) is 5.32 Å². The van der Waals surface area contributed by atoms with E-state index >= 15 is 0 Å². The second-order valence-corrected chi connectivity index (χ2v) is 9.66. The fraction of sp³-hybridized carbons (Fsp3) is 0.207. The smallest absolute Gasteiger partial charge is 0.269 e. The average molecular weight is 541 g/mol. The Hall–Kier alpha value is -5.19. The third-order valence-electron chi connectivity index (χ3n) is 7.66. The zero-order chi connectivity index (χ0) is 28.1. The van der Waals surface area contributed by atoms with Crippen LogP contribution < -0.4 is 24.6 Å². The summed E-state index contributed by atoms with van der Waals surface area (Å²) in [7, 11) is 2.93. The first-order valence-electron chi connectivity index (χ1n) is 12.5. The normalized spacial score (nSPS) is 22.4. The van der Waals surface area contributed by atoms with Crippen LogP contribution in [0.2, 0.25) is 0 Å². The lowest BCUT2D eigenvalue weighted by Gasteiger charge is -2.36. The summed E-state index contributed by atoms with van der Waals surface area (Å²) >= 11 is 0. The van der Waals surface area contributed by atoms with Crippen LogP contribution in [0, 0.1) is 22.0 Å². The Balaban J connectivity index is 1.43. The molecule has 3 aromatic carbocycles. The van der Waals surface area contributed by atoms with Gasteiger partial charge in [0.2, 0.25) is 17.7 Å². The largest absolute Gasteiger partial charge is 0.497 e. The molecule has 1 N–H and O–H groups in total. The highest BCUT2D eigenvalue weighted by molar-refractivity contribution is 6.25. The second-order valence-electron chi connectivity index (χ2n) is 9.66. The molecule has 40 heavy (non-hydrogen) atoms. The number of para-hydroxylation sites is 1. The number of anilines is 3. The number of fused-ring (bicyclic) bond motifs is 5. The van der Waals surface area contributed by atoms with Gasteiger partial charge in [-0.1, -0.05) is 30.4 Å². The van der Waals surface area contributed by atoms with Crippen molar-refractivity contribution in [3.05, 3.63) is 88.5 Å². The number of hydrogen-bond acceptors (Lipinski definition) is 8. The molecule has 202 valence electrons. The minimum absolute atomic E-state index is 0.117. The van der Waals surface area contributed by atoms with Gasteiger partial charge >= 0.3 is 0 Å². The molecule has 3 amide bonds. The Morgan fingerprint density at radius 3 is 2.35 bits per heavy atom. The lowest BCUT2D eigenvalue weighted by atomic mass is 9.88. The number of hydrogen-bond donors (Lipinski definition) is 1. The molecule has 0 unspecified atom stereocenters. The van der Waals surface area contributed by atoms with E-state index in [9.17, 15) is 24.5 Å². The van der Waals surface area contributed by atoms with Crippen molar-refractivity contribution in [2.45, 2.75) is 12.1 Å². The molecule has 0 radical (unpaired) electrons. The molecule has 0 saturated carbocycles. The first-order chi connectivity index (χ1) is 19.3. The van der Waals surface area contributed by atoms with E-state index in [1.165, 1.54) is 38.5 Å². The van der Waals surface area contributed by atoms with Crippen molar-refractivity contribution < 1.29 is 28.8 Å². The number of carbonyl (C=O) groups excluding carboxylic acids is 3. The molecule has 2 saturated heterocycles. The highest BCUT2D eigenvalue weighted by Gasteiger charge is 2.64. The number of nitro groups is 1. The van der Waals surface area contributed by atoms with Crippen molar-refractivity contribution in [1.82, 2.24) is 0 Å². The number of benzene rings is 3. The molecule has 0 aliphatic carbocycles. The summed E-state index contributed by atoms with van der Waals surface area (Å²) in [6, 6.07) is 16.2. The van der Waals surface area contributed by atoms with Crippen molar-refractivity contribution in [2.75, 3.05) is 29.3 Å². The molecule has 0 aromatic heterocycles. The van der Waals surface area contributed by atoms with E-state index < -0.39 is 46.6 Å². The van der Waals surface area contributed by atoms with Crippen molar-refractivity contribution >= 4 is 46.5 Å². The predicted octanol–water partition coefficient (Wildman–Crippen LogP) is 3.64. The van der Waals surface area contributed by atoms with Crippen LogP contribution in [0.1, 0.15) is 5.56 Å². The number of nitrogens with one attached hydrogen (secondary N) is 1. The number of nitro benzene ring substituents is 1. The van der Waals surface area contributed by atoms with Crippen molar-refractivity contribution in [1.29, 1.82) is 0 Å². The van der Waals surface area contributed by atoms with Crippen LogP contribution in [-0.2, 0) is 14.4 Å². The van der Waals surface area contributed by atoms with Gasteiger partial charge in [-0.2, -0.15) is 0 Å². The summed E-state index contributed by atoms with van der Waals surface area (Å²) in [6.07, 6.45) is 3.76. The van der Waals surface area contributed by atoms with Gasteiger partial charge in [-0.05, 0) is 35.9 Å². The van der Waals surface area contributed by atoms with E-state index in [1.54, 1.807) is 18.2 Å². The van der Waals surface area contributed by atoms with Gasteiger partial charge in [-0.15, -0.1) is 0 Å². The molecular weight excluding hydrogens is 516 g/mol. The number of imide groups is 1. The Bertz CT molecular complexity index is 1590. The van der Waals surface area contributed by atoms with Crippen LogP contribution in [0.5, 0.6) is 11.5 Å². The number of non-ortho nitro benzene ring substituents is 1. The topological polar surface area (TPSA) is 131 Å². The molecule has 11 heteroatoms. The molecular formula is C29H24N4O7. The first-order valence-corrected chi connectivity index (χ1v) is 12.5. The van der Waals surface area contributed by atoms with Gasteiger partial charge in [0.15, 0.2) is 0 Å². The highest BCUT2D eigenvalue weighted by atomic mass is 16.6. The van der Waals surface area contributed by atoms with Gasteiger partial charge in [0.25, 0.3) is 5.69 Å². The standard InChI is InChI=1S/C29H24N4O7/c1-39-19-12-14-23(40-2)22(15-19)32-28(35)24-21-13-7-16-5-3-4-6-20(16)31(21)26(25(24)29(32)36)27(34)30-17-8-10-18(11-9-17)33(37)38/h3-15,21,24-26H,1-2H3,(H,30,34)/t21-,24+,25+,26+/m1/s1. The fourth-order valence-electron chi connectivity index (χ4n) is 5.91. The Labute approximate surface area is 228 Å². The van der Waals surface area contributed by atoms with Gasteiger partial charge in [0.1, 0.15) is 17.5 Å². The minimum atomic E-state index is -1.03. The number of nitrogens with zero attached hydrogens (tertiary/aromatic N) is 3. The van der Waals surface area contributed by atoms with Crippen LogP contribution in [0.25, 0.3) is 6.08 Å². The summed E-state index contributed by atoms with van der Waals surface area (Å²) < 4.78 is 10.8. The fourth-order valence-corrected chi connectivity index (χ4v) is 5.91. The number of methoxy groups -OCH3 is 2. The van der Waals surface area contributed by atoms with E-state index in [-0.39, 0.29) is 11.4 Å². The maximum Gasteiger partial charge on any atom is 0.269 e. The van der Waals surface area contributed by atoms with Crippen LogP contribution >= 0.6 is 0 Å². The summed E-state index contributed by atoms with van der Waals surface area (Å²) in [5.74, 6) is -2.54. The molecule has 11 nitrogen and oxygen atoms in total. The third kappa shape index (κ3) is 3.77. The molecule has 6 rings (SSSR count). The quantitative estimate of drug-likeness (QED) is 0.285. The predicted molar refractivity (Wildman–Crippen MR) is 146 cm³/mol. The van der Waals surface area contributed by atoms with E-state index in [1.807, 2.05) is 41.3 Å². The molecule has 3 aliphatic heterocycles. The van der Waals surface area contributed by atoms with E-state index in [0.29, 0.717) is 17.2 Å². The van der Waals surface area contributed by atoms with Crippen molar-refractivity contribution in [3.8, 4) is 11.5 Å². The van der Waals surface area contributed by atoms with Gasteiger partial charge in [0, 0.05) is 29.6 Å². The van der Waals surface area contributed by atoms with E-state index in [4.69, 9.17) is 9.47 Å². The molecule has 4 atom stereocenters. The van der Waals surface area contributed by atoms with Gasteiger partial charge in [-0.25, -0.2) is 4.90 Å². The summed E-state index contributed by atoms with van der Waals surface area (Å²) in [4.78, 5) is 55.5. The van der Waals surface area contributed by atoms with Crippen LogP contribution in [-0.4, -0.2) is 48.9 Å². The number of amides is 3. The van der Waals surface area contributed by atoms with Gasteiger partial charge in [0.05, 0.1) is 42.7 Å². The van der Waals surface area contributed by atoms with Crippen LogP contribution in [0.3, 0.4) is 0 Å². The highest BCUT2D eigenvalue weighted by Crippen LogP contribution is 2.50. The first kappa shape index (κ1) is 25.1. The molecule has 3 heterocycles. The SMILES string of the molecule is COc1ccc(OC)c(N2C(=O)[C@@H]3[C@H](C2=O)[C@@H](C(=O)Nc2ccc([N+](=O)[O-])cc2)N2c4ccccc4C=C[C@H]32)c1. The van der Waals surface area contributed by atoms with Gasteiger partial charge < -0.3 is 19.7 Å². The average Bonchev–Trinajstić information content (AvgIpc) is 3.45. The molecule has 3 aliphatic rings. The van der Waals surface area contributed by atoms with Crippen LogP contribution in [0.15, 0.2) is 72.8 Å². The number of ether oxygens (including phenoxy) is 2. The summed E-state index contributed by atoms with van der Waals surface area (Å²) in [5.41, 5.74) is 2.05. The Morgan fingerprint density at radius 1 is 0.925 bits per heavy atom. The molecule has 2 fully saturated rings.